The summed E-state index contributed by atoms with van der Waals surface area (Å²) in [5, 5.41) is 0. The van der Waals surface area contributed by atoms with Gasteiger partial charge in [0.25, 0.3) is 0 Å². The van der Waals surface area contributed by atoms with Gasteiger partial charge in [-0.15, -0.1) is 0 Å². The highest BCUT2D eigenvalue weighted by atomic mass is 16.2. The van der Waals surface area contributed by atoms with Gasteiger partial charge in [-0.3, -0.25) is 9.59 Å². The summed E-state index contributed by atoms with van der Waals surface area (Å²) in [5.41, 5.74) is 6.88. The normalized spacial score (nSPS) is 10.4. The molecule has 0 atom stereocenters. The lowest BCUT2D eigenvalue weighted by Crippen LogP contribution is -2.22. The summed E-state index contributed by atoms with van der Waals surface area (Å²) >= 11 is 0. The van der Waals surface area contributed by atoms with E-state index >= 15 is 0 Å². The van der Waals surface area contributed by atoms with Gasteiger partial charge >= 0.3 is 0 Å². The van der Waals surface area contributed by atoms with Gasteiger partial charge in [-0.2, -0.15) is 0 Å². The zero-order valence-electron chi connectivity index (χ0n) is 10.5. The Hall–Kier alpha value is -2.42. The highest BCUT2D eigenvalue weighted by Crippen LogP contribution is 2.26. The number of primary amides is 1. The van der Waals surface area contributed by atoms with E-state index in [2.05, 4.69) is 0 Å². The van der Waals surface area contributed by atoms with Crippen LogP contribution in [-0.4, -0.2) is 11.7 Å². The van der Waals surface area contributed by atoms with Gasteiger partial charge in [0.2, 0.25) is 5.91 Å². The van der Waals surface area contributed by atoms with E-state index in [-0.39, 0.29) is 12.2 Å². The number of rotatable bonds is 5. The van der Waals surface area contributed by atoms with Gasteiger partial charge in [-0.05, 0) is 11.1 Å². The third-order valence-electron chi connectivity index (χ3n) is 2.94. The first kappa shape index (κ1) is 13.0. The molecular formula is C16H15NO2. The highest BCUT2D eigenvalue weighted by Gasteiger charge is 2.23. The number of amides is 1. The van der Waals surface area contributed by atoms with E-state index in [0.29, 0.717) is 0 Å². The van der Waals surface area contributed by atoms with E-state index in [1.54, 1.807) is 0 Å². The second-order valence-corrected chi connectivity index (χ2v) is 4.36. The molecule has 0 saturated carbocycles. The predicted molar refractivity (Wildman–Crippen MR) is 73.5 cm³/mol. The van der Waals surface area contributed by atoms with Crippen molar-refractivity contribution in [2.24, 2.45) is 5.73 Å². The average Bonchev–Trinajstić information content (AvgIpc) is 2.40. The zero-order valence-corrected chi connectivity index (χ0v) is 10.5. The number of carbonyl (C=O) groups excluding carboxylic acids is 2. The Morgan fingerprint density at radius 1 is 0.842 bits per heavy atom. The Bertz CT molecular complexity index is 524. The van der Waals surface area contributed by atoms with Gasteiger partial charge < -0.3 is 5.73 Å². The smallest absolute Gasteiger partial charge is 0.224 e. The SMILES string of the molecule is NC(=O)CC(=O)C(c1ccccc1)c1ccccc1. The van der Waals surface area contributed by atoms with Crippen molar-refractivity contribution in [2.45, 2.75) is 12.3 Å². The minimum atomic E-state index is -0.595. The third-order valence-corrected chi connectivity index (χ3v) is 2.94. The summed E-state index contributed by atoms with van der Waals surface area (Å²) in [7, 11) is 0. The van der Waals surface area contributed by atoms with Gasteiger partial charge in [0, 0.05) is 0 Å². The van der Waals surface area contributed by atoms with E-state index in [0.717, 1.165) is 11.1 Å². The monoisotopic (exact) mass is 253 g/mol. The van der Waals surface area contributed by atoms with Crippen molar-refractivity contribution in [3.05, 3.63) is 71.8 Å². The Morgan fingerprint density at radius 2 is 1.26 bits per heavy atom. The first-order valence-electron chi connectivity index (χ1n) is 6.09. The maximum Gasteiger partial charge on any atom is 0.224 e. The summed E-state index contributed by atoms with van der Waals surface area (Å²) in [6, 6.07) is 18.8. The first-order chi connectivity index (χ1) is 9.18. The lowest BCUT2D eigenvalue weighted by Gasteiger charge is -2.16. The molecule has 19 heavy (non-hydrogen) atoms. The third kappa shape index (κ3) is 3.28. The molecule has 96 valence electrons. The molecule has 3 heteroatoms. The van der Waals surface area contributed by atoms with Crippen molar-refractivity contribution < 1.29 is 9.59 Å². The zero-order chi connectivity index (χ0) is 13.7. The van der Waals surface area contributed by atoms with Crippen LogP contribution in [0, 0.1) is 0 Å². The Kier molecular flexibility index (Phi) is 4.08. The molecule has 0 unspecified atom stereocenters. The summed E-state index contributed by atoms with van der Waals surface area (Å²) in [4.78, 5) is 23.2. The number of hydrogen-bond acceptors (Lipinski definition) is 2. The van der Waals surface area contributed by atoms with Crippen molar-refractivity contribution >= 4 is 11.7 Å². The van der Waals surface area contributed by atoms with E-state index in [4.69, 9.17) is 5.73 Å². The molecule has 0 aliphatic carbocycles. The number of ketones is 1. The molecule has 0 heterocycles. The van der Waals surface area contributed by atoms with Crippen LogP contribution in [0.25, 0.3) is 0 Å². The van der Waals surface area contributed by atoms with Crippen LogP contribution in [0.4, 0.5) is 0 Å². The van der Waals surface area contributed by atoms with E-state index in [1.807, 2.05) is 60.7 Å². The van der Waals surface area contributed by atoms with Crippen molar-refractivity contribution in [3.8, 4) is 0 Å². The quantitative estimate of drug-likeness (QED) is 0.831. The van der Waals surface area contributed by atoms with Crippen LogP contribution >= 0.6 is 0 Å². The predicted octanol–water partition coefficient (Wildman–Crippen LogP) is 2.26. The molecule has 2 aromatic rings. The fraction of sp³-hybridized carbons (Fsp3) is 0.125. The molecule has 0 aliphatic heterocycles. The molecular weight excluding hydrogens is 238 g/mol. The van der Waals surface area contributed by atoms with Gasteiger partial charge in [0.1, 0.15) is 0 Å². The van der Waals surface area contributed by atoms with Gasteiger partial charge in [-0.1, -0.05) is 60.7 Å². The summed E-state index contributed by atoms with van der Waals surface area (Å²) in [6.07, 6.45) is -0.242. The molecule has 0 aliphatic rings. The van der Waals surface area contributed by atoms with Crippen LogP contribution in [0.5, 0.6) is 0 Å². The molecule has 0 bridgehead atoms. The highest BCUT2D eigenvalue weighted by molar-refractivity contribution is 6.02. The van der Waals surface area contributed by atoms with Crippen LogP contribution < -0.4 is 5.73 Å². The largest absolute Gasteiger partial charge is 0.369 e. The lowest BCUT2D eigenvalue weighted by molar-refractivity contribution is -0.126. The number of benzene rings is 2. The van der Waals surface area contributed by atoms with Crippen LogP contribution in [0.3, 0.4) is 0 Å². The molecule has 0 fully saturated rings. The number of carbonyl (C=O) groups is 2. The number of nitrogens with two attached hydrogens (primary N) is 1. The molecule has 0 radical (unpaired) electrons. The lowest BCUT2D eigenvalue weighted by atomic mass is 9.86. The molecule has 1 amide bonds. The maximum atomic E-state index is 12.3. The Balaban J connectivity index is 2.40. The molecule has 0 spiro atoms. The van der Waals surface area contributed by atoms with Crippen LogP contribution in [0.15, 0.2) is 60.7 Å². The average molecular weight is 253 g/mol. The summed E-state index contributed by atoms with van der Waals surface area (Å²) < 4.78 is 0. The van der Waals surface area contributed by atoms with Gasteiger partial charge in [0.05, 0.1) is 12.3 Å². The molecule has 0 aromatic heterocycles. The maximum absolute atomic E-state index is 12.3. The van der Waals surface area contributed by atoms with Gasteiger partial charge in [-0.25, -0.2) is 0 Å². The molecule has 2 rings (SSSR count). The summed E-state index contributed by atoms with van der Waals surface area (Å²) in [5.74, 6) is -1.21. The molecule has 0 saturated heterocycles. The fourth-order valence-electron chi connectivity index (χ4n) is 2.13. The Morgan fingerprint density at radius 3 is 1.63 bits per heavy atom. The standard InChI is InChI=1S/C16H15NO2/c17-15(19)11-14(18)16(12-7-3-1-4-8-12)13-9-5-2-6-10-13/h1-10,16H,11H2,(H2,17,19). The van der Waals surface area contributed by atoms with Crippen LogP contribution in [-0.2, 0) is 9.59 Å². The Labute approximate surface area is 112 Å². The second kappa shape index (κ2) is 5.96. The number of Topliss-reactive ketones (excluding diaryl/α,β-unsaturated/α-hetero) is 1. The van der Waals surface area contributed by atoms with Crippen molar-refractivity contribution in [1.82, 2.24) is 0 Å². The van der Waals surface area contributed by atoms with Crippen molar-refractivity contribution in [2.75, 3.05) is 0 Å². The fourth-order valence-corrected chi connectivity index (χ4v) is 2.13. The first-order valence-corrected chi connectivity index (χ1v) is 6.09. The molecule has 3 nitrogen and oxygen atoms in total. The van der Waals surface area contributed by atoms with E-state index < -0.39 is 11.8 Å². The minimum absolute atomic E-state index is 0.176. The van der Waals surface area contributed by atoms with E-state index in [9.17, 15) is 9.59 Å². The van der Waals surface area contributed by atoms with Crippen LogP contribution in [0.2, 0.25) is 0 Å². The molecule has 2 N–H and O–H groups in total. The topological polar surface area (TPSA) is 60.2 Å². The number of hydrogen-bond donors (Lipinski definition) is 1. The molecule has 2 aromatic carbocycles. The van der Waals surface area contributed by atoms with Gasteiger partial charge in [0.15, 0.2) is 5.78 Å². The van der Waals surface area contributed by atoms with Crippen molar-refractivity contribution in [3.63, 3.8) is 0 Å². The minimum Gasteiger partial charge on any atom is -0.369 e. The van der Waals surface area contributed by atoms with Crippen LogP contribution in [0.1, 0.15) is 23.5 Å². The van der Waals surface area contributed by atoms with Crippen molar-refractivity contribution in [1.29, 1.82) is 0 Å². The summed E-state index contributed by atoms with van der Waals surface area (Å²) in [6.45, 7) is 0. The second-order valence-electron chi connectivity index (χ2n) is 4.36. The van der Waals surface area contributed by atoms with E-state index in [1.165, 1.54) is 0 Å².